The second kappa shape index (κ2) is 7.92. The van der Waals surface area contributed by atoms with E-state index in [1.807, 2.05) is 18.2 Å². The van der Waals surface area contributed by atoms with Crippen LogP contribution in [0.4, 0.5) is 0 Å². The maximum absolute atomic E-state index is 14.1. The van der Waals surface area contributed by atoms with Crippen LogP contribution in [0.2, 0.25) is 0 Å². The lowest BCUT2D eigenvalue weighted by atomic mass is 9.56. The molecule has 2 N–H and O–H groups in total. The van der Waals surface area contributed by atoms with Gasteiger partial charge in [-0.3, -0.25) is 9.69 Å². The number of hydrogen-bond donors (Lipinski definition) is 1. The molecule has 7 nitrogen and oxygen atoms in total. The number of nitrogens with two attached hydrogens (primary N) is 1. The van der Waals surface area contributed by atoms with Gasteiger partial charge in [-0.1, -0.05) is 26.3 Å². The number of hydrogen-bond acceptors (Lipinski definition) is 6. The molecule has 1 fully saturated rings. The summed E-state index contributed by atoms with van der Waals surface area (Å²) < 4.78 is 11.1. The molecule has 0 bridgehead atoms. The van der Waals surface area contributed by atoms with Crippen molar-refractivity contribution >= 4 is 11.9 Å². The van der Waals surface area contributed by atoms with E-state index in [9.17, 15) is 10.1 Å². The summed E-state index contributed by atoms with van der Waals surface area (Å²) in [4.78, 5) is 20.6. The van der Waals surface area contributed by atoms with Crippen LogP contribution >= 0.6 is 0 Å². The van der Waals surface area contributed by atoms with Crippen molar-refractivity contribution in [2.45, 2.75) is 51.2 Å². The molecule has 166 valence electrons. The second-order valence-electron chi connectivity index (χ2n) is 9.33. The number of ether oxygens (including phenoxy) is 2. The normalized spacial score (nSPS) is 34.3. The molecular weight excluding hydrogens is 392 g/mol. The number of aliphatic imine (C=N–C) groups is 1. The Balaban J connectivity index is 1.89. The highest BCUT2D eigenvalue weighted by molar-refractivity contribution is 6.08. The maximum atomic E-state index is 14.1. The SMILES string of the molecule is CC[C@@H]1C[C@@]2(Cc3ccc(C#N)cc3[C@]23N=C(N)N(CCOC)C3=O)C[C@H](C)[C@H]1OC. The van der Waals surface area contributed by atoms with E-state index in [-0.39, 0.29) is 29.3 Å². The fraction of sp³-hybridized carbons (Fsp3) is 0.625. The van der Waals surface area contributed by atoms with Gasteiger partial charge in [0.25, 0.3) is 5.91 Å². The predicted octanol–water partition coefficient (Wildman–Crippen LogP) is 2.57. The molecule has 5 atom stereocenters. The maximum Gasteiger partial charge on any atom is 0.262 e. The Morgan fingerprint density at radius 2 is 2.13 bits per heavy atom. The summed E-state index contributed by atoms with van der Waals surface area (Å²) in [5, 5.41) is 9.54. The van der Waals surface area contributed by atoms with Gasteiger partial charge in [0.05, 0.1) is 30.9 Å². The highest BCUT2D eigenvalue weighted by Crippen LogP contribution is 2.64. The third kappa shape index (κ3) is 3.00. The average molecular weight is 425 g/mol. The van der Waals surface area contributed by atoms with Gasteiger partial charge in [-0.05, 0) is 54.4 Å². The van der Waals surface area contributed by atoms with E-state index in [1.54, 1.807) is 19.1 Å². The van der Waals surface area contributed by atoms with Crippen molar-refractivity contribution in [3.8, 4) is 6.07 Å². The first kappa shape index (κ1) is 21.8. The fourth-order valence-corrected chi connectivity index (χ4v) is 6.55. The number of carbonyl (C=O) groups excluding carboxylic acids is 1. The molecule has 0 aromatic heterocycles. The van der Waals surface area contributed by atoms with Crippen LogP contribution in [-0.4, -0.2) is 50.2 Å². The number of fused-ring (bicyclic) bond motifs is 3. The zero-order valence-corrected chi connectivity index (χ0v) is 18.9. The Kier molecular flexibility index (Phi) is 5.57. The smallest absolute Gasteiger partial charge is 0.262 e. The molecule has 1 aromatic rings. The molecular formula is C24H32N4O3. The second-order valence-corrected chi connectivity index (χ2v) is 9.33. The number of rotatable bonds is 5. The molecule has 0 saturated heterocycles. The standard InChI is InChI=1S/C24H32N4O3/c1-5-17-12-23(11-15(2)20(17)31-4)13-18-7-6-16(14-25)10-19(18)24(23)21(29)28(8-9-30-3)22(26)27-24/h6-7,10,15,17,20H,5,8-9,11-13H2,1-4H3,(H2,26,27)/t15-,17+,20+,23+,24+/m0/s1. The monoisotopic (exact) mass is 424 g/mol. The van der Waals surface area contributed by atoms with Crippen molar-refractivity contribution < 1.29 is 14.3 Å². The summed E-state index contributed by atoms with van der Waals surface area (Å²) in [5.41, 5.74) is 7.35. The first-order valence-corrected chi connectivity index (χ1v) is 11.1. The lowest BCUT2D eigenvalue weighted by Crippen LogP contribution is -2.55. The van der Waals surface area contributed by atoms with Gasteiger partial charge in [-0.2, -0.15) is 5.26 Å². The Hall–Kier alpha value is -2.43. The molecule has 1 amide bonds. The van der Waals surface area contributed by atoms with E-state index in [2.05, 4.69) is 19.9 Å². The molecule has 2 aliphatic carbocycles. The third-order valence-corrected chi connectivity index (χ3v) is 7.75. The number of nitriles is 1. The minimum Gasteiger partial charge on any atom is -0.383 e. The topological polar surface area (TPSA) is 101 Å². The molecule has 1 heterocycles. The van der Waals surface area contributed by atoms with Crippen molar-refractivity contribution in [3.63, 3.8) is 0 Å². The van der Waals surface area contributed by atoms with Crippen molar-refractivity contribution in [1.82, 2.24) is 4.90 Å². The minimum absolute atomic E-state index is 0.0891. The lowest BCUT2D eigenvalue weighted by molar-refractivity contribution is -0.143. The van der Waals surface area contributed by atoms with Crippen LogP contribution in [0.5, 0.6) is 0 Å². The van der Waals surface area contributed by atoms with Gasteiger partial charge in [-0.15, -0.1) is 0 Å². The molecule has 3 aliphatic rings. The van der Waals surface area contributed by atoms with E-state index in [1.165, 1.54) is 0 Å². The lowest BCUT2D eigenvalue weighted by Gasteiger charge is -2.51. The zero-order chi connectivity index (χ0) is 22.4. The molecule has 0 unspecified atom stereocenters. The molecule has 2 spiro atoms. The summed E-state index contributed by atoms with van der Waals surface area (Å²) in [6.07, 6.45) is 3.55. The van der Waals surface area contributed by atoms with E-state index in [4.69, 9.17) is 20.2 Å². The van der Waals surface area contributed by atoms with Gasteiger partial charge in [-0.25, -0.2) is 4.99 Å². The summed E-state index contributed by atoms with van der Waals surface area (Å²) >= 11 is 0. The molecule has 4 rings (SSSR count). The summed E-state index contributed by atoms with van der Waals surface area (Å²) in [5.74, 6) is 0.759. The van der Waals surface area contributed by atoms with Gasteiger partial charge in [0.2, 0.25) is 0 Å². The van der Waals surface area contributed by atoms with E-state index in [0.29, 0.717) is 24.6 Å². The average Bonchev–Trinajstić information content (AvgIpc) is 3.17. The Morgan fingerprint density at radius 1 is 1.35 bits per heavy atom. The van der Waals surface area contributed by atoms with Crippen molar-refractivity contribution in [2.24, 2.45) is 28.0 Å². The van der Waals surface area contributed by atoms with Crippen LogP contribution in [0.25, 0.3) is 0 Å². The summed E-state index contributed by atoms with van der Waals surface area (Å²) in [6.45, 7) is 5.15. The molecule has 7 heteroatoms. The number of benzene rings is 1. The fourth-order valence-electron chi connectivity index (χ4n) is 6.55. The number of methoxy groups -OCH3 is 2. The quantitative estimate of drug-likeness (QED) is 0.783. The summed E-state index contributed by atoms with van der Waals surface area (Å²) in [6, 6.07) is 7.91. The highest BCUT2D eigenvalue weighted by Gasteiger charge is 2.68. The van der Waals surface area contributed by atoms with Crippen molar-refractivity contribution in [3.05, 3.63) is 34.9 Å². The van der Waals surface area contributed by atoms with E-state index >= 15 is 0 Å². The van der Waals surface area contributed by atoms with Gasteiger partial charge in [0, 0.05) is 19.6 Å². The molecule has 1 aliphatic heterocycles. The molecule has 31 heavy (non-hydrogen) atoms. The van der Waals surface area contributed by atoms with Crippen LogP contribution in [-0.2, 0) is 26.2 Å². The Bertz CT molecular complexity index is 955. The summed E-state index contributed by atoms with van der Waals surface area (Å²) in [7, 11) is 3.39. The van der Waals surface area contributed by atoms with Crippen LogP contribution in [0, 0.1) is 28.6 Å². The molecule has 0 radical (unpaired) electrons. The van der Waals surface area contributed by atoms with Crippen LogP contribution < -0.4 is 5.73 Å². The minimum atomic E-state index is -1.09. The third-order valence-electron chi connectivity index (χ3n) is 7.75. The first-order chi connectivity index (χ1) is 14.9. The van der Waals surface area contributed by atoms with Crippen LogP contribution in [0.3, 0.4) is 0 Å². The first-order valence-electron chi connectivity index (χ1n) is 11.1. The van der Waals surface area contributed by atoms with Crippen molar-refractivity contribution in [1.29, 1.82) is 5.26 Å². The van der Waals surface area contributed by atoms with Gasteiger partial charge in [0.1, 0.15) is 0 Å². The largest absolute Gasteiger partial charge is 0.383 e. The Morgan fingerprint density at radius 3 is 2.77 bits per heavy atom. The van der Waals surface area contributed by atoms with Crippen LogP contribution in [0.1, 0.15) is 49.8 Å². The number of nitrogens with zero attached hydrogens (tertiary/aromatic N) is 3. The van der Waals surface area contributed by atoms with Crippen LogP contribution in [0.15, 0.2) is 23.2 Å². The Labute approximate surface area is 184 Å². The van der Waals surface area contributed by atoms with E-state index < -0.39 is 5.54 Å². The number of amides is 1. The van der Waals surface area contributed by atoms with Gasteiger partial charge < -0.3 is 15.2 Å². The van der Waals surface area contributed by atoms with E-state index in [0.717, 1.165) is 36.8 Å². The molecule has 1 saturated carbocycles. The highest BCUT2D eigenvalue weighted by atomic mass is 16.5. The predicted molar refractivity (Wildman–Crippen MR) is 117 cm³/mol. The van der Waals surface area contributed by atoms with Gasteiger partial charge >= 0.3 is 0 Å². The zero-order valence-electron chi connectivity index (χ0n) is 18.9. The van der Waals surface area contributed by atoms with Gasteiger partial charge in [0.15, 0.2) is 11.5 Å². The number of guanidine groups is 1. The molecule has 1 aromatic carbocycles. The van der Waals surface area contributed by atoms with Crippen molar-refractivity contribution in [2.75, 3.05) is 27.4 Å². The number of carbonyl (C=O) groups is 1.